The molecule has 0 aromatic heterocycles. The maximum atomic E-state index is 8.45. The summed E-state index contributed by atoms with van der Waals surface area (Å²) in [6.07, 6.45) is 7.91. The average molecular weight is 149 g/mol. The van der Waals surface area contributed by atoms with Crippen molar-refractivity contribution in [1.82, 2.24) is 0 Å². The van der Waals surface area contributed by atoms with E-state index in [-0.39, 0.29) is 0 Å². The smallest absolute Gasteiger partial charge is 0.0911 e. The minimum Gasteiger partial charge on any atom is -0.193 e. The normalized spacial score (nSPS) is 29.5. The van der Waals surface area contributed by atoms with Crippen molar-refractivity contribution in [2.24, 2.45) is 5.92 Å². The average Bonchev–Trinajstić information content (AvgIpc) is 2.17. The van der Waals surface area contributed by atoms with E-state index < -0.39 is 0 Å². The highest BCUT2D eigenvalue weighted by molar-refractivity contribution is 5.13. The Kier molecular flexibility index (Phi) is 3.16. The molecule has 0 aromatic rings. The summed E-state index contributed by atoms with van der Waals surface area (Å²) in [6.45, 7) is 2.30. The van der Waals surface area contributed by atoms with Gasteiger partial charge >= 0.3 is 0 Å². The first-order chi connectivity index (χ1) is 5.33. The molecule has 1 heteroatoms. The van der Waals surface area contributed by atoms with Crippen molar-refractivity contribution in [3.05, 3.63) is 11.6 Å². The van der Waals surface area contributed by atoms with Crippen molar-refractivity contribution in [3.8, 4) is 6.07 Å². The third-order valence-electron chi connectivity index (χ3n) is 2.42. The molecule has 0 bridgehead atoms. The van der Waals surface area contributed by atoms with Crippen LogP contribution in [0.4, 0.5) is 0 Å². The first kappa shape index (κ1) is 8.33. The lowest BCUT2D eigenvalue weighted by atomic mass is 10.0. The van der Waals surface area contributed by atoms with E-state index in [1.165, 1.54) is 24.8 Å². The lowest BCUT2D eigenvalue weighted by Gasteiger charge is -2.03. The zero-order valence-electron chi connectivity index (χ0n) is 7.14. The van der Waals surface area contributed by atoms with Crippen LogP contribution in [0.5, 0.6) is 0 Å². The van der Waals surface area contributed by atoms with Crippen LogP contribution in [0.15, 0.2) is 11.6 Å². The van der Waals surface area contributed by atoms with E-state index in [2.05, 4.69) is 13.0 Å². The van der Waals surface area contributed by atoms with Crippen LogP contribution in [0.25, 0.3) is 0 Å². The highest BCUT2D eigenvalue weighted by Gasteiger charge is 2.09. The molecule has 1 unspecified atom stereocenters. The largest absolute Gasteiger partial charge is 0.193 e. The van der Waals surface area contributed by atoms with Crippen molar-refractivity contribution >= 4 is 0 Å². The Morgan fingerprint density at radius 2 is 2.27 bits per heavy atom. The van der Waals surface area contributed by atoms with Gasteiger partial charge in [0.1, 0.15) is 0 Å². The fourth-order valence-corrected chi connectivity index (χ4v) is 1.61. The van der Waals surface area contributed by atoms with Gasteiger partial charge in [-0.1, -0.05) is 18.9 Å². The van der Waals surface area contributed by atoms with Crippen LogP contribution in [0.3, 0.4) is 0 Å². The number of nitriles is 1. The summed E-state index contributed by atoms with van der Waals surface area (Å²) in [5.41, 5.74) is 1.36. The minimum atomic E-state index is 0.861. The van der Waals surface area contributed by atoms with Crippen LogP contribution < -0.4 is 0 Å². The summed E-state index contributed by atoms with van der Waals surface area (Å²) in [5.74, 6) is 0.861. The Hall–Kier alpha value is -0.770. The van der Waals surface area contributed by atoms with Crippen molar-refractivity contribution in [1.29, 1.82) is 5.26 Å². The number of hydrogen-bond acceptors (Lipinski definition) is 1. The van der Waals surface area contributed by atoms with Gasteiger partial charge in [0.15, 0.2) is 0 Å². The quantitative estimate of drug-likeness (QED) is 0.383. The molecule has 1 nitrogen and oxygen atoms in total. The molecule has 0 aliphatic heterocycles. The fourth-order valence-electron chi connectivity index (χ4n) is 1.61. The number of nitrogens with zero attached hydrogens (tertiary/aromatic N) is 1. The summed E-state index contributed by atoms with van der Waals surface area (Å²) in [5, 5.41) is 8.45. The molecule has 0 N–H and O–H groups in total. The van der Waals surface area contributed by atoms with Crippen LogP contribution in [0.2, 0.25) is 0 Å². The second-order valence-electron chi connectivity index (χ2n) is 3.47. The van der Waals surface area contributed by atoms with Crippen LogP contribution in [-0.2, 0) is 0 Å². The van der Waals surface area contributed by atoms with Crippen molar-refractivity contribution < 1.29 is 0 Å². The topological polar surface area (TPSA) is 23.8 Å². The highest BCUT2D eigenvalue weighted by atomic mass is 14.2. The van der Waals surface area contributed by atoms with Crippen molar-refractivity contribution in [2.75, 3.05) is 0 Å². The maximum absolute atomic E-state index is 8.45. The number of hydrogen-bond donors (Lipinski definition) is 0. The van der Waals surface area contributed by atoms with E-state index in [9.17, 15) is 0 Å². The van der Waals surface area contributed by atoms with Crippen molar-refractivity contribution in [2.45, 2.75) is 39.0 Å². The summed E-state index contributed by atoms with van der Waals surface area (Å²) < 4.78 is 0. The van der Waals surface area contributed by atoms with Gasteiger partial charge in [-0.05, 0) is 31.6 Å². The molecule has 0 aromatic carbocycles. The van der Waals surface area contributed by atoms with Gasteiger partial charge in [0.05, 0.1) is 6.07 Å². The van der Waals surface area contributed by atoms with Crippen LogP contribution >= 0.6 is 0 Å². The second kappa shape index (κ2) is 4.18. The molecule has 1 atom stereocenters. The third kappa shape index (κ3) is 2.76. The molecule has 1 aliphatic rings. The van der Waals surface area contributed by atoms with Gasteiger partial charge < -0.3 is 0 Å². The fraction of sp³-hybridized carbons (Fsp3) is 0.700. The maximum Gasteiger partial charge on any atom is 0.0911 e. The standard InChI is InChI=1S/C10H15N/c1-9-3-2-4-10(6-5-9)7-8-11/h7,9H,2-6H2,1H3. The molecule has 1 rings (SSSR count). The summed E-state index contributed by atoms with van der Waals surface area (Å²) in [7, 11) is 0. The van der Waals surface area contributed by atoms with E-state index in [1.54, 1.807) is 6.08 Å². The first-order valence-corrected chi connectivity index (χ1v) is 4.40. The number of allylic oxidation sites excluding steroid dienone is 2. The molecule has 0 saturated heterocycles. The van der Waals surface area contributed by atoms with Crippen LogP contribution in [-0.4, -0.2) is 0 Å². The zero-order chi connectivity index (χ0) is 8.10. The Morgan fingerprint density at radius 1 is 1.45 bits per heavy atom. The van der Waals surface area contributed by atoms with E-state index >= 15 is 0 Å². The Balaban J connectivity index is 2.48. The third-order valence-corrected chi connectivity index (χ3v) is 2.42. The predicted octanol–water partition coefficient (Wildman–Crippen LogP) is 3.04. The molecular formula is C10H15N. The molecule has 60 valence electrons. The van der Waals surface area contributed by atoms with E-state index in [0.717, 1.165) is 18.8 Å². The molecule has 0 heterocycles. The minimum absolute atomic E-state index is 0.861. The van der Waals surface area contributed by atoms with Crippen molar-refractivity contribution in [3.63, 3.8) is 0 Å². The highest BCUT2D eigenvalue weighted by Crippen LogP contribution is 2.25. The molecule has 1 fully saturated rings. The van der Waals surface area contributed by atoms with E-state index in [0.29, 0.717) is 0 Å². The lowest BCUT2D eigenvalue weighted by molar-refractivity contribution is 0.507. The summed E-state index contributed by atoms with van der Waals surface area (Å²) in [4.78, 5) is 0. The molecule has 1 aliphatic carbocycles. The summed E-state index contributed by atoms with van der Waals surface area (Å²) >= 11 is 0. The Bertz CT molecular complexity index is 186. The molecule has 0 amide bonds. The lowest BCUT2D eigenvalue weighted by Crippen LogP contribution is -1.89. The van der Waals surface area contributed by atoms with Crippen LogP contribution in [0.1, 0.15) is 39.0 Å². The predicted molar refractivity (Wildman–Crippen MR) is 45.9 cm³/mol. The van der Waals surface area contributed by atoms with Gasteiger partial charge in [-0.25, -0.2) is 0 Å². The second-order valence-corrected chi connectivity index (χ2v) is 3.47. The molecule has 0 spiro atoms. The van der Waals surface area contributed by atoms with Gasteiger partial charge in [0.25, 0.3) is 0 Å². The Morgan fingerprint density at radius 3 is 3.00 bits per heavy atom. The van der Waals surface area contributed by atoms with E-state index in [4.69, 9.17) is 5.26 Å². The first-order valence-electron chi connectivity index (χ1n) is 4.40. The molecule has 11 heavy (non-hydrogen) atoms. The molecule has 0 radical (unpaired) electrons. The molecular weight excluding hydrogens is 134 g/mol. The number of rotatable bonds is 0. The van der Waals surface area contributed by atoms with Gasteiger partial charge in [-0.2, -0.15) is 5.26 Å². The zero-order valence-corrected chi connectivity index (χ0v) is 7.14. The van der Waals surface area contributed by atoms with Gasteiger partial charge in [-0.3, -0.25) is 0 Å². The van der Waals surface area contributed by atoms with Gasteiger partial charge in [0.2, 0.25) is 0 Å². The molecule has 1 saturated carbocycles. The van der Waals surface area contributed by atoms with E-state index in [1.807, 2.05) is 0 Å². The monoisotopic (exact) mass is 149 g/mol. The SMILES string of the molecule is CC1CCCC(=CC#N)CC1. The van der Waals surface area contributed by atoms with Gasteiger partial charge in [0, 0.05) is 6.08 Å². The van der Waals surface area contributed by atoms with Gasteiger partial charge in [-0.15, -0.1) is 0 Å². The summed E-state index contributed by atoms with van der Waals surface area (Å²) in [6, 6.07) is 2.12. The Labute approximate surface area is 68.7 Å². The van der Waals surface area contributed by atoms with Crippen LogP contribution in [0, 0.1) is 17.2 Å².